The molecule has 7 unspecified atom stereocenters. The zero-order valence-electron chi connectivity index (χ0n) is 36.6. The van der Waals surface area contributed by atoms with E-state index >= 15 is 0 Å². The Hall–Kier alpha value is -1.59. The first-order valence-corrected chi connectivity index (χ1v) is 23.7. The van der Waals surface area contributed by atoms with Gasteiger partial charge in [0.2, 0.25) is 5.91 Å². The lowest BCUT2D eigenvalue weighted by Gasteiger charge is -2.40. The third-order valence-electron chi connectivity index (χ3n) is 11.2. The van der Waals surface area contributed by atoms with Crippen LogP contribution in [0, 0.1) is 0 Å². The lowest BCUT2D eigenvalue weighted by molar-refractivity contribution is -0.302. The zero-order chi connectivity index (χ0) is 41.6. The number of aliphatic hydroxyl groups is 5. The Balaban J connectivity index is 2.26. The second kappa shape index (κ2) is 38.6. The van der Waals surface area contributed by atoms with Gasteiger partial charge in [-0.05, 0) is 38.5 Å². The normalized spacial score (nSPS) is 21.3. The maximum atomic E-state index is 12.9. The van der Waals surface area contributed by atoms with Crippen LogP contribution in [0.25, 0.3) is 0 Å². The summed E-state index contributed by atoms with van der Waals surface area (Å²) in [6.07, 6.45) is 40.7. The number of rotatable bonds is 39. The summed E-state index contributed by atoms with van der Waals surface area (Å²) >= 11 is 0. The molecule has 0 spiro atoms. The van der Waals surface area contributed by atoms with E-state index in [4.69, 9.17) is 9.47 Å². The number of hydrogen-bond acceptors (Lipinski definition) is 8. The van der Waals surface area contributed by atoms with Gasteiger partial charge in [0.25, 0.3) is 0 Å². The van der Waals surface area contributed by atoms with Crippen molar-refractivity contribution in [1.82, 2.24) is 5.32 Å². The summed E-state index contributed by atoms with van der Waals surface area (Å²) in [5.41, 5.74) is 0. The molecular formula is C48H89NO8. The maximum absolute atomic E-state index is 12.9. The Bertz CT molecular complexity index is 987. The summed E-state index contributed by atoms with van der Waals surface area (Å²) in [6.45, 7) is 3.68. The monoisotopic (exact) mass is 808 g/mol. The topological polar surface area (TPSA) is 149 Å². The van der Waals surface area contributed by atoms with Crippen LogP contribution in [0.4, 0.5) is 0 Å². The van der Waals surface area contributed by atoms with E-state index in [9.17, 15) is 30.3 Å². The summed E-state index contributed by atoms with van der Waals surface area (Å²) in [7, 11) is 0. The third kappa shape index (κ3) is 29.3. The van der Waals surface area contributed by atoms with E-state index in [0.29, 0.717) is 6.42 Å². The molecule has 6 N–H and O–H groups in total. The summed E-state index contributed by atoms with van der Waals surface area (Å²) in [5.74, 6) is -0.190. The third-order valence-corrected chi connectivity index (χ3v) is 11.2. The van der Waals surface area contributed by atoms with Crippen molar-refractivity contribution < 1.29 is 39.8 Å². The fraction of sp³-hybridized carbons (Fsp3) is 0.854. The van der Waals surface area contributed by atoms with Crippen molar-refractivity contribution >= 4 is 5.91 Å². The van der Waals surface area contributed by atoms with Gasteiger partial charge in [-0.3, -0.25) is 4.79 Å². The molecule has 1 rings (SSSR count). The minimum atomic E-state index is -1.57. The summed E-state index contributed by atoms with van der Waals surface area (Å²) in [5, 5.41) is 54.1. The molecule has 1 amide bonds. The first kappa shape index (κ1) is 53.4. The van der Waals surface area contributed by atoms with Crippen LogP contribution in [0.2, 0.25) is 0 Å². The minimum absolute atomic E-state index is 0.190. The minimum Gasteiger partial charge on any atom is -0.394 e. The molecule has 334 valence electrons. The number of nitrogens with one attached hydrogen (secondary N) is 1. The first-order chi connectivity index (χ1) is 27.8. The predicted octanol–water partition coefficient (Wildman–Crippen LogP) is 10.1. The largest absolute Gasteiger partial charge is 0.394 e. The SMILES string of the molecule is CCC/C=C/CC/C=C/CC/C=C/C(O)C(COC1OC(CO)C(O)C(O)C1O)NC(=O)CCCCCCCCCCCCCCCCCCCCCCCCC. The van der Waals surface area contributed by atoms with Gasteiger partial charge in [-0.1, -0.05) is 198 Å². The van der Waals surface area contributed by atoms with E-state index in [0.717, 1.165) is 57.8 Å². The maximum Gasteiger partial charge on any atom is 0.220 e. The fourth-order valence-corrected chi connectivity index (χ4v) is 7.37. The average Bonchev–Trinajstić information content (AvgIpc) is 3.21. The second-order valence-electron chi connectivity index (χ2n) is 16.5. The summed E-state index contributed by atoms with van der Waals surface area (Å²) in [6, 6.07) is -0.823. The number of allylic oxidation sites excluding steroid dienone is 5. The Morgan fingerprint density at radius 1 is 0.579 bits per heavy atom. The van der Waals surface area contributed by atoms with Crippen molar-refractivity contribution in [2.75, 3.05) is 13.2 Å². The molecule has 0 aromatic rings. The summed E-state index contributed by atoms with van der Waals surface area (Å²) < 4.78 is 11.2. The van der Waals surface area contributed by atoms with Gasteiger partial charge < -0.3 is 40.3 Å². The van der Waals surface area contributed by atoms with Crippen LogP contribution < -0.4 is 5.32 Å². The number of amides is 1. The van der Waals surface area contributed by atoms with E-state index in [-0.39, 0.29) is 12.5 Å². The number of unbranched alkanes of at least 4 members (excludes halogenated alkanes) is 25. The first-order valence-electron chi connectivity index (χ1n) is 23.7. The van der Waals surface area contributed by atoms with Gasteiger partial charge in [-0.25, -0.2) is 0 Å². The van der Waals surface area contributed by atoms with E-state index in [1.807, 2.05) is 6.08 Å². The quantitative estimate of drug-likeness (QED) is 0.0266. The summed E-state index contributed by atoms with van der Waals surface area (Å²) in [4.78, 5) is 12.9. The molecule has 7 atom stereocenters. The number of hydrogen-bond donors (Lipinski definition) is 6. The van der Waals surface area contributed by atoms with Crippen molar-refractivity contribution in [3.8, 4) is 0 Å². The van der Waals surface area contributed by atoms with Gasteiger partial charge in [-0.2, -0.15) is 0 Å². The lowest BCUT2D eigenvalue weighted by atomic mass is 9.99. The number of carbonyl (C=O) groups is 1. The number of carbonyl (C=O) groups excluding carboxylic acids is 1. The zero-order valence-corrected chi connectivity index (χ0v) is 36.6. The lowest BCUT2D eigenvalue weighted by Crippen LogP contribution is -2.60. The molecule has 1 fully saturated rings. The molecule has 0 aliphatic carbocycles. The molecule has 1 aliphatic rings. The van der Waals surface area contributed by atoms with E-state index in [1.54, 1.807) is 6.08 Å². The standard InChI is InChI=1S/C48H89NO8/c1-3-5-7-9-11-13-15-16-17-18-19-20-21-22-23-24-25-26-28-30-32-34-36-38-44(52)49-41(40-56-48-47(55)46(54)45(53)43(39-50)57-48)42(51)37-35-33-31-29-27-14-12-10-8-6-4-2/h8,10,27,29,35,37,41-43,45-48,50-51,53-55H,3-7,9,11-26,28,30-34,36,38-40H2,1-2H3,(H,49,52)/b10-8+,29-27+,37-35+. The molecule has 9 nitrogen and oxygen atoms in total. The van der Waals surface area contributed by atoms with Crippen LogP contribution in [0.15, 0.2) is 36.5 Å². The Morgan fingerprint density at radius 2 is 1.00 bits per heavy atom. The number of ether oxygens (including phenoxy) is 2. The molecule has 0 saturated carbocycles. The highest BCUT2D eigenvalue weighted by Crippen LogP contribution is 2.23. The van der Waals surface area contributed by atoms with Crippen LogP contribution in [-0.4, -0.2) is 87.5 Å². The molecule has 0 aromatic carbocycles. The Morgan fingerprint density at radius 3 is 1.44 bits per heavy atom. The van der Waals surface area contributed by atoms with Gasteiger partial charge in [0.1, 0.15) is 24.4 Å². The molecule has 1 heterocycles. The van der Waals surface area contributed by atoms with Crippen molar-refractivity contribution in [2.45, 2.75) is 249 Å². The highest BCUT2D eigenvalue weighted by atomic mass is 16.7. The molecule has 0 aromatic heterocycles. The fourth-order valence-electron chi connectivity index (χ4n) is 7.37. The molecule has 0 bridgehead atoms. The molecule has 57 heavy (non-hydrogen) atoms. The Labute approximate surface area is 349 Å². The predicted molar refractivity (Wildman–Crippen MR) is 235 cm³/mol. The van der Waals surface area contributed by atoms with E-state index in [1.165, 1.54) is 128 Å². The van der Waals surface area contributed by atoms with Crippen LogP contribution in [-0.2, 0) is 14.3 Å². The van der Waals surface area contributed by atoms with Gasteiger partial charge >= 0.3 is 0 Å². The van der Waals surface area contributed by atoms with Crippen molar-refractivity contribution in [3.05, 3.63) is 36.5 Å². The molecule has 9 heteroatoms. The van der Waals surface area contributed by atoms with Gasteiger partial charge in [0.05, 0.1) is 25.4 Å². The van der Waals surface area contributed by atoms with Crippen LogP contribution in [0.1, 0.15) is 206 Å². The van der Waals surface area contributed by atoms with Crippen molar-refractivity contribution in [3.63, 3.8) is 0 Å². The van der Waals surface area contributed by atoms with E-state index < -0.39 is 49.5 Å². The number of aliphatic hydroxyl groups excluding tert-OH is 5. The molecule has 0 radical (unpaired) electrons. The highest BCUT2D eigenvalue weighted by Gasteiger charge is 2.44. The van der Waals surface area contributed by atoms with E-state index in [2.05, 4.69) is 43.5 Å². The van der Waals surface area contributed by atoms with Crippen LogP contribution in [0.5, 0.6) is 0 Å². The van der Waals surface area contributed by atoms with Gasteiger partial charge in [0, 0.05) is 6.42 Å². The van der Waals surface area contributed by atoms with Gasteiger partial charge in [0.15, 0.2) is 6.29 Å². The highest BCUT2D eigenvalue weighted by molar-refractivity contribution is 5.76. The smallest absolute Gasteiger partial charge is 0.220 e. The molecular weight excluding hydrogens is 719 g/mol. The van der Waals surface area contributed by atoms with Crippen molar-refractivity contribution in [2.24, 2.45) is 0 Å². The van der Waals surface area contributed by atoms with Crippen molar-refractivity contribution in [1.29, 1.82) is 0 Å². The van der Waals surface area contributed by atoms with Gasteiger partial charge in [-0.15, -0.1) is 0 Å². The second-order valence-corrected chi connectivity index (χ2v) is 16.5. The Kier molecular flexibility index (Phi) is 36.2. The molecule has 1 aliphatic heterocycles. The van der Waals surface area contributed by atoms with Crippen LogP contribution >= 0.6 is 0 Å². The average molecular weight is 808 g/mol. The molecule has 1 saturated heterocycles. The van der Waals surface area contributed by atoms with Crippen LogP contribution in [0.3, 0.4) is 0 Å².